The van der Waals surface area contributed by atoms with Gasteiger partial charge in [-0.1, -0.05) is 91.9 Å². The summed E-state index contributed by atoms with van der Waals surface area (Å²) in [6, 6.07) is 0. The van der Waals surface area contributed by atoms with Gasteiger partial charge < -0.3 is 4.74 Å². The first-order chi connectivity index (χ1) is 11.6. The third-order valence-corrected chi connectivity index (χ3v) is 5.18. The predicted octanol–water partition coefficient (Wildman–Crippen LogP) is 7.30. The van der Waals surface area contributed by atoms with Gasteiger partial charge >= 0.3 is 5.97 Å². The van der Waals surface area contributed by atoms with Crippen LogP contribution in [0.5, 0.6) is 0 Å². The van der Waals surface area contributed by atoms with Gasteiger partial charge in [-0.25, -0.2) is 0 Å². The topological polar surface area (TPSA) is 26.3 Å². The minimum atomic E-state index is 0.0191. The Morgan fingerprint density at radius 2 is 1.42 bits per heavy atom. The summed E-state index contributed by atoms with van der Waals surface area (Å²) in [5.74, 6) is 1.37. The average Bonchev–Trinajstić information content (AvgIpc) is 2.59. The summed E-state index contributed by atoms with van der Waals surface area (Å²) in [6.07, 6.45) is 16.8. The number of ether oxygens (including phenoxy) is 1. The average molecular weight is 341 g/mol. The minimum absolute atomic E-state index is 0.0191. The van der Waals surface area contributed by atoms with Crippen LogP contribution in [-0.4, -0.2) is 12.6 Å². The Morgan fingerprint density at radius 1 is 0.792 bits per heavy atom. The molecule has 2 unspecified atom stereocenters. The number of esters is 1. The summed E-state index contributed by atoms with van der Waals surface area (Å²) in [4.78, 5) is 11.9. The van der Waals surface area contributed by atoms with E-state index in [2.05, 4.69) is 27.7 Å². The van der Waals surface area contributed by atoms with Crippen molar-refractivity contribution in [2.24, 2.45) is 11.8 Å². The van der Waals surface area contributed by atoms with Crippen molar-refractivity contribution in [2.75, 3.05) is 6.61 Å². The molecule has 0 radical (unpaired) electrons. The Morgan fingerprint density at radius 3 is 2.00 bits per heavy atom. The highest BCUT2D eigenvalue weighted by Crippen LogP contribution is 2.20. The normalized spacial score (nSPS) is 13.7. The summed E-state index contributed by atoms with van der Waals surface area (Å²) in [5, 5.41) is 0. The molecule has 0 N–H and O–H groups in total. The van der Waals surface area contributed by atoms with Crippen LogP contribution in [-0.2, 0) is 9.53 Å². The van der Waals surface area contributed by atoms with Gasteiger partial charge in [-0.3, -0.25) is 4.79 Å². The van der Waals surface area contributed by atoms with Crippen LogP contribution in [0.15, 0.2) is 0 Å². The molecule has 0 aliphatic rings. The fraction of sp³-hybridized carbons (Fsp3) is 0.955. The first-order valence-electron chi connectivity index (χ1n) is 10.8. The van der Waals surface area contributed by atoms with Crippen molar-refractivity contribution in [3.63, 3.8) is 0 Å². The Labute approximate surface area is 152 Å². The highest BCUT2D eigenvalue weighted by Gasteiger charge is 2.12. The number of carbonyl (C=O) groups excluding carboxylic acids is 1. The molecule has 144 valence electrons. The van der Waals surface area contributed by atoms with Gasteiger partial charge in [0.15, 0.2) is 0 Å². The molecule has 0 rings (SSSR count). The molecule has 0 aromatic rings. The van der Waals surface area contributed by atoms with Crippen LogP contribution < -0.4 is 0 Å². The van der Waals surface area contributed by atoms with Crippen LogP contribution in [0.2, 0.25) is 0 Å². The lowest BCUT2D eigenvalue weighted by Gasteiger charge is -2.18. The molecule has 0 aromatic heterocycles. The summed E-state index contributed by atoms with van der Waals surface area (Å²) in [5.41, 5.74) is 0. The maximum atomic E-state index is 11.9. The van der Waals surface area contributed by atoms with E-state index in [-0.39, 0.29) is 5.97 Å². The lowest BCUT2D eigenvalue weighted by Crippen LogP contribution is -2.15. The molecular formula is C22H44O2. The fourth-order valence-electron chi connectivity index (χ4n) is 3.13. The number of rotatable bonds is 17. The van der Waals surface area contributed by atoms with Gasteiger partial charge in [0.1, 0.15) is 0 Å². The lowest BCUT2D eigenvalue weighted by atomic mass is 9.93. The summed E-state index contributed by atoms with van der Waals surface area (Å²) in [7, 11) is 0. The Balaban J connectivity index is 3.65. The Bertz CT molecular complexity index is 275. The third-order valence-electron chi connectivity index (χ3n) is 5.18. The first-order valence-corrected chi connectivity index (χ1v) is 10.8. The van der Waals surface area contributed by atoms with Crippen molar-refractivity contribution in [2.45, 2.75) is 118 Å². The number of carbonyl (C=O) groups is 1. The van der Waals surface area contributed by atoms with Crippen molar-refractivity contribution in [1.29, 1.82) is 0 Å². The maximum Gasteiger partial charge on any atom is 0.305 e. The molecule has 0 heterocycles. The van der Waals surface area contributed by atoms with Crippen LogP contribution >= 0.6 is 0 Å². The molecule has 0 fully saturated rings. The SMILES string of the molecule is CCCCCCCCCCC(=O)OCC(CCC)CCC(C)CC. The Hall–Kier alpha value is -0.530. The Kier molecular flexibility index (Phi) is 16.9. The van der Waals surface area contributed by atoms with Gasteiger partial charge in [0, 0.05) is 6.42 Å². The zero-order valence-electron chi connectivity index (χ0n) is 17.1. The van der Waals surface area contributed by atoms with Gasteiger partial charge in [-0.15, -0.1) is 0 Å². The van der Waals surface area contributed by atoms with E-state index < -0.39 is 0 Å². The van der Waals surface area contributed by atoms with Crippen molar-refractivity contribution >= 4 is 5.97 Å². The van der Waals surface area contributed by atoms with Gasteiger partial charge in [0.05, 0.1) is 6.61 Å². The molecular weight excluding hydrogens is 296 g/mol. The number of hydrogen-bond acceptors (Lipinski definition) is 2. The predicted molar refractivity (Wildman–Crippen MR) is 105 cm³/mol. The van der Waals surface area contributed by atoms with Crippen LogP contribution in [0.3, 0.4) is 0 Å². The largest absolute Gasteiger partial charge is 0.465 e. The van der Waals surface area contributed by atoms with Crippen molar-refractivity contribution in [3.05, 3.63) is 0 Å². The molecule has 2 nitrogen and oxygen atoms in total. The molecule has 0 aliphatic heterocycles. The van der Waals surface area contributed by atoms with E-state index in [1.165, 1.54) is 77.0 Å². The molecule has 2 heteroatoms. The standard InChI is InChI=1S/C22H44O2/c1-5-8-9-10-11-12-13-14-16-22(23)24-19-21(15-6-2)18-17-20(4)7-3/h20-21H,5-19H2,1-4H3. The van der Waals surface area contributed by atoms with E-state index in [1.54, 1.807) is 0 Å². The maximum absolute atomic E-state index is 11.9. The summed E-state index contributed by atoms with van der Waals surface area (Å²) < 4.78 is 5.54. The fourth-order valence-corrected chi connectivity index (χ4v) is 3.13. The number of hydrogen-bond donors (Lipinski definition) is 0. The van der Waals surface area contributed by atoms with Gasteiger partial charge in [0.2, 0.25) is 0 Å². The monoisotopic (exact) mass is 340 g/mol. The van der Waals surface area contributed by atoms with E-state index in [1.807, 2.05) is 0 Å². The van der Waals surface area contributed by atoms with E-state index in [0.29, 0.717) is 18.9 Å². The molecule has 0 aliphatic carbocycles. The highest BCUT2D eigenvalue weighted by molar-refractivity contribution is 5.69. The number of unbranched alkanes of at least 4 members (excludes halogenated alkanes) is 7. The minimum Gasteiger partial charge on any atom is -0.465 e. The molecule has 0 saturated heterocycles. The third kappa shape index (κ3) is 15.0. The summed E-state index contributed by atoms with van der Waals surface area (Å²) in [6.45, 7) is 9.68. The van der Waals surface area contributed by atoms with Crippen LogP contribution in [0, 0.1) is 11.8 Å². The second-order valence-corrected chi connectivity index (χ2v) is 7.65. The molecule has 2 atom stereocenters. The molecule has 0 bridgehead atoms. The van der Waals surface area contributed by atoms with Crippen molar-refractivity contribution in [1.82, 2.24) is 0 Å². The lowest BCUT2D eigenvalue weighted by molar-refractivity contribution is -0.145. The van der Waals surface area contributed by atoms with Gasteiger partial charge in [-0.05, 0) is 31.1 Å². The molecule has 24 heavy (non-hydrogen) atoms. The highest BCUT2D eigenvalue weighted by atomic mass is 16.5. The van der Waals surface area contributed by atoms with E-state index in [9.17, 15) is 4.79 Å². The molecule has 0 saturated carbocycles. The van der Waals surface area contributed by atoms with Crippen LogP contribution in [0.25, 0.3) is 0 Å². The molecule has 0 aromatic carbocycles. The second kappa shape index (κ2) is 17.3. The van der Waals surface area contributed by atoms with E-state index in [0.717, 1.165) is 12.3 Å². The molecule has 0 amide bonds. The smallest absolute Gasteiger partial charge is 0.305 e. The van der Waals surface area contributed by atoms with Crippen LogP contribution in [0.1, 0.15) is 118 Å². The zero-order valence-corrected chi connectivity index (χ0v) is 17.1. The van der Waals surface area contributed by atoms with E-state index in [4.69, 9.17) is 4.74 Å². The van der Waals surface area contributed by atoms with Crippen LogP contribution in [0.4, 0.5) is 0 Å². The second-order valence-electron chi connectivity index (χ2n) is 7.65. The first kappa shape index (κ1) is 23.5. The van der Waals surface area contributed by atoms with Gasteiger partial charge in [-0.2, -0.15) is 0 Å². The zero-order chi connectivity index (χ0) is 18.0. The summed E-state index contributed by atoms with van der Waals surface area (Å²) >= 11 is 0. The van der Waals surface area contributed by atoms with Crippen molar-refractivity contribution < 1.29 is 9.53 Å². The van der Waals surface area contributed by atoms with Gasteiger partial charge in [0.25, 0.3) is 0 Å². The quantitative estimate of drug-likeness (QED) is 0.205. The molecule has 0 spiro atoms. The van der Waals surface area contributed by atoms with Crippen molar-refractivity contribution in [3.8, 4) is 0 Å². The van der Waals surface area contributed by atoms with E-state index >= 15 is 0 Å².